The summed E-state index contributed by atoms with van der Waals surface area (Å²) in [5.74, 6) is 5.57. The zero-order valence-electron chi connectivity index (χ0n) is 65.9. The molecule has 0 aliphatic rings. The first-order valence-corrected chi connectivity index (χ1v) is 39.4. The molecule has 0 bridgehead atoms. The highest BCUT2D eigenvalue weighted by atomic mass is 15.0. The Balaban J connectivity index is 0.000000118. The molecule has 0 saturated carbocycles. The quantitative estimate of drug-likeness (QED) is 0.0978. The number of hydrogen-bond acceptors (Lipinski definition) is 10. The average Bonchev–Trinajstić information content (AvgIpc) is 0.800. The standard InChI is InChI=1S/C29H22N2.2C28H21N3.C23H18N2/c1-21-15-17-24(18-16-21)29-30-27(23-11-6-3-7-12-23)20-28(31-29)26-14-8-13-25(19-26)22-9-4-2-5-10-22;1-20-11-8-9-18-25(20)28-30-26(22-14-6-3-7-15-22)29-27(31-28)24-17-10-16-23(19-24)21-12-4-2-5-13-21;1-20-15-17-23(18-16-20)27-29-26(22-11-6-3-7-12-22)30-28(31-27)25-14-8-13-24(19-25)21-9-4-2-5-10-21;1-17-24-22(19-11-6-3-7-12-19)16-23(25-17)21-14-8-13-20(15-21)18-9-4-2-5-10-18/h2-20H,1H3;2*2-19H,1H3;2-16H,1H3. The van der Waals surface area contributed by atoms with Gasteiger partial charge in [-0.15, -0.1) is 0 Å². The Bertz CT molecular complexity index is 6330. The summed E-state index contributed by atoms with van der Waals surface area (Å²) in [6.07, 6.45) is 0. The van der Waals surface area contributed by atoms with Crippen molar-refractivity contribution >= 4 is 0 Å². The molecule has 0 atom stereocenters. The second-order valence-corrected chi connectivity index (χ2v) is 28.6. The Morgan fingerprint density at radius 3 is 0.695 bits per heavy atom. The number of nitrogens with zero attached hydrogens (tertiary/aromatic N) is 10. The molecule has 10 nitrogen and oxygen atoms in total. The molecule has 0 aliphatic carbocycles. The van der Waals surface area contributed by atoms with Crippen LogP contribution in [-0.2, 0) is 0 Å². The predicted octanol–water partition coefficient (Wildman–Crippen LogP) is 26.9. The van der Waals surface area contributed by atoms with Gasteiger partial charge in [0, 0.05) is 61.2 Å². The number of aromatic nitrogens is 10. The van der Waals surface area contributed by atoms with Crippen LogP contribution in [0.5, 0.6) is 0 Å². The van der Waals surface area contributed by atoms with Crippen LogP contribution >= 0.6 is 0 Å². The van der Waals surface area contributed by atoms with E-state index in [1.807, 2.05) is 153 Å². The molecule has 10 heteroatoms. The third-order valence-electron chi connectivity index (χ3n) is 20.0. The maximum absolute atomic E-state index is 4.95. The van der Waals surface area contributed by atoms with Crippen molar-refractivity contribution < 1.29 is 0 Å². The molecule has 564 valence electrons. The zero-order valence-corrected chi connectivity index (χ0v) is 65.9. The highest BCUT2D eigenvalue weighted by Gasteiger charge is 2.18. The molecule has 19 aromatic rings. The monoisotopic (exact) mass is 1520 g/mol. The highest BCUT2D eigenvalue weighted by Crippen LogP contribution is 2.35. The topological polar surface area (TPSA) is 129 Å². The molecule has 0 amide bonds. The van der Waals surface area contributed by atoms with E-state index in [-0.39, 0.29) is 0 Å². The maximum atomic E-state index is 4.95. The van der Waals surface area contributed by atoms with Gasteiger partial charge in [-0.3, -0.25) is 0 Å². The SMILES string of the molecule is Cc1ccc(-c2nc(-c3ccccc3)cc(-c3cccc(-c4ccccc4)c3)n2)cc1.Cc1ccc(-c2nc(-c3ccccc3)nc(-c3cccc(-c4ccccc4)c3)n2)cc1.Cc1ccccc1-c1nc(-c2ccccc2)nc(-c2cccc(-c3ccccc3)c2)n1.Cc1nc(-c2ccccc2)cc(-c2cccc(-c3ccccc3)c2)n1. The van der Waals surface area contributed by atoms with Gasteiger partial charge in [-0.1, -0.05) is 399 Å². The summed E-state index contributed by atoms with van der Waals surface area (Å²) in [4.78, 5) is 48.1. The molecule has 0 saturated heterocycles. The van der Waals surface area contributed by atoms with Gasteiger partial charge in [0.1, 0.15) is 5.82 Å². The number of benzene rings is 15. The molecule has 19 rings (SSSR count). The van der Waals surface area contributed by atoms with Crippen molar-refractivity contribution in [2.24, 2.45) is 0 Å². The number of aryl methyl sites for hydroxylation is 4. The molecule has 15 aromatic carbocycles. The molecule has 0 aliphatic heterocycles. The predicted molar refractivity (Wildman–Crippen MR) is 484 cm³/mol. The highest BCUT2D eigenvalue weighted by molar-refractivity contribution is 5.79. The first kappa shape index (κ1) is 76.5. The molecular formula is C108H82N10. The van der Waals surface area contributed by atoms with Crippen molar-refractivity contribution in [2.45, 2.75) is 27.7 Å². The van der Waals surface area contributed by atoms with Gasteiger partial charge in [-0.2, -0.15) is 0 Å². The van der Waals surface area contributed by atoms with Crippen LogP contribution < -0.4 is 0 Å². The van der Waals surface area contributed by atoms with E-state index in [2.05, 4.69) is 310 Å². The Kier molecular flexibility index (Phi) is 24.0. The van der Waals surface area contributed by atoms with Crippen LogP contribution in [0.1, 0.15) is 22.5 Å². The van der Waals surface area contributed by atoms with Crippen molar-refractivity contribution in [1.82, 2.24) is 49.8 Å². The maximum Gasteiger partial charge on any atom is 0.164 e. The molecule has 0 N–H and O–H groups in total. The van der Waals surface area contributed by atoms with E-state index >= 15 is 0 Å². The van der Waals surface area contributed by atoms with E-state index < -0.39 is 0 Å². The second kappa shape index (κ2) is 37.0. The summed E-state index contributed by atoms with van der Waals surface area (Å²) in [7, 11) is 0. The normalized spacial score (nSPS) is 10.7. The third kappa shape index (κ3) is 19.2. The number of hydrogen-bond donors (Lipinski definition) is 0. The lowest BCUT2D eigenvalue weighted by Crippen LogP contribution is -2.01. The summed E-state index contributed by atoms with van der Waals surface area (Å²) in [6.45, 7) is 8.19. The first-order valence-electron chi connectivity index (χ1n) is 39.4. The van der Waals surface area contributed by atoms with Crippen LogP contribution in [0, 0.1) is 27.7 Å². The van der Waals surface area contributed by atoms with Gasteiger partial charge in [0.25, 0.3) is 0 Å². The van der Waals surface area contributed by atoms with Crippen molar-refractivity contribution in [2.75, 3.05) is 0 Å². The zero-order chi connectivity index (χ0) is 80.2. The smallest absolute Gasteiger partial charge is 0.164 e. The van der Waals surface area contributed by atoms with E-state index in [1.165, 1.54) is 44.5 Å². The van der Waals surface area contributed by atoms with Crippen LogP contribution in [0.4, 0.5) is 0 Å². The van der Waals surface area contributed by atoms with Crippen LogP contribution in [0.25, 0.3) is 169 Å². The Hall–Kier alpha value is -15.5. The van der Waals surface area contributed by atoms with Gasteiger partial charge >= 0.3 is 0 Å². The van der Waals surface area contributed by atoms with E-state index in [9.17, 15) is 0 Å². The van der Waals surface area contributed by atoms with Crippen molar-refractivity contribution in [3.63, 3.8) is 0 Å². The summed E-state index contributed by atoms with van der Waals surface area (Å²) in [5.41, 5.74) is 27.9. The lowest BCUT2D eigenvalue weighted by molar-refractivity contribution is 1.06. The lowest BCUT2D eigenvalue weighted by Gasteiger charge is -2.11. The minimum Gasteiger partial charge on any atom is -0.233 e. The fraction of sp³-hybridized carbons (Fsp3) is 0.0370. The minimum atomic E-state index is 0.669. The van der Waals surface area contributed by atoms with Gasteiger partial charge in [-0.25, -0.2) is 49.8 Å². The summed E-state index contributed by atoms with van der Waals surface area (Å²) < 4.78 is 0. The number of rotatable bonds is 15. The van der Waals surface area contributed by atoms with Gasteiger partial charge in [-0.05, 0) is 114 Å². The van der Waals surface area contributed by atoms with E-state index in [0.717, 1.165) is 112 Å². The van der Waals surface area contributed by atoms with Gasteiger partial charge in [0.15, 0.2) is 40.8 Å². The molecule has 0 spiro atoms. The van der Waals surface area contributed by atoms with Crippen molar-refractivity contribution in [3.8, 4) is 169 Å². The largest absolute Gasteiger partial charge is 0.233 e. The fourth-order valence-corrected chi connectivity index (χ4v) is 13.8. The van der Waals surface area contributed by atoms with Gasteiger partial charge < -0.3 is 0 Å². The van der Waals surface area contributed by atoms with E-state index in [0.29, 0.717) is 34.9 Å². The lowest BCUT2D eigenvalue weighted by atomic mass is 10.0. The first-order chi connectivity index (χ1) is 58.1. The molecule has 0 fully saturated rings. The van der Waals surface area contributed by atoms with Crippen LogP contribution in [-0.4, -0.2) is 49.8 Å². The summed E-state index contributed by atoms with van der Waals surface area (Å²) in [5, 5.41) is 0. The Morgan fingerprint density at radius 2 is 0.356 bits per heavy atom. The van der Waals surface area contributed by atoms with Crippen LogP contribution in [0.3, 0.4) is 0 Å². The van der Waals surface area contributed by atoms with E-state index in [1.54, 1.807) is 0 Å². The molecule has 4 heterocycles. The van der Waals surface area contributed by atoms with E-state index in [4.69, 9.17) is 39.9 Å². The fourth-order valence-electron chi connectivity index (χ4n) is 13.8. The molecule has 4 aromatic heterocycles. The minimum absolute atomic E-state index is 0.669. The Labute approximate surface area is 689 Å². The third-order valence-corrected chi connectivity index (χ3v) is 20.0. The molecule has 118 heavy (non-hydrogen) atoms. The summed E-state index contributed by atoms with van der Waals surface area (Å²) in [6, 6.07) is 145. The van der Waals surface area contributed by atoms with Gasteiger partial charge in [0.05, 0.1) is 22.8 Å². The van der Waals surface area contributed by atoms with Crippen molar-refractivity contribution in [1.29, 1.82) is 0 Å². The van der Waals surface area contributed by atoms with Gasteiger partial charge in [0.2, 0.25) is 0 Å². The molecule has 0 radical (unpaired) electrons. The van der Waals surface area contributed by atoms with Crippen molar-refractivity contribution in [3.05, 3.63) is 447 Å². The average molecular weight is 1520 g/mol. The van der Waals surface area contributed by atoms with Crippen LogP contribution in [0.2, 0.25) is 0 Å². The molecule has 0 unspecified atom stereocenters. The Morgan fingerprint density at radius 1 is 0.136 bits per heavy atom. The molecular weight excluding hydrogens is 1440 g/mol. The second-order valence-electron chi connectivity index (χ2n) is 28.6. The summed E-state index contributed by atoms with van der Waals surface area (Å²) >= 11 is 0. The van der Waals surface area contributed by atoms with Crippen LogP contribution in [0.15, 0.2) is 425 Å².